The molecule has 1 saturated carbocycles. The van der Waals surface area contributed by atoms with Gasteiger partial charge < -0.3 is 5.11 Å². The van der Waals surface area contributed by atoms with Crippen molar-refractivity contribution in [3.05, 3.63) is 5.82 Å². The van der Waals surface area contributed by atoms with E-state index in [9.17, 15) is 5.11 Å². The van der Waals surface area contributed by atoms with Crippen molar-refractivity contribution in [1.29, 1.82) is 0 Å². The molecule has 72 valence electrons. The van der Waals surface area contributed by atoms with E-state index in [1.54, 1.807) is 4.68 Å². The fourth-order valence-electron chi connectivity index (χ4n) is 1.96. The number of tetrazole rings is 1. The van der Waals surface area contributed by atoms with Gasteiger partial charge >= 0.3 is 0 Å². The standard InChI is InChI=1S/C8H14N4O/c1-12-8(9-10-11-12)6-4-2-3-5-7(6)13/h6-7,13H,2-5H2,1H3/t6-,7-/m1/s1. The van der Waals surface area contributed by atoms with Crippen LogP contribution < -0.4 is 0 Å². The Labute approximate surface area is 76.8 Å². The molecule has 1 N–H and O–H groups in total. The zero-order valence-corrected chi connectivity index (χ0v) is 7.72. The molecule has 0 spiro atoms. The highest BCUT2D eigenvalue weighted by Gasteiger charge is 2.28. The first kappa shape index (κ1) is 8.62. The molecule has 1 aromatic heterocycles. The molecule has 1 aliphatic rings. The van der Waals surface area contributed by atoms with Crippen molar-refractivity contribution in [2.24, 2.45) is 7.05 Å². The van der Waals surface area contributed by atoms with Crippen molar-refractivity contribution >= 4 is 0 Å². The molecule has 0 radical (unpaired) electrons. The summed E-state index contributed by atoms with van der Waals surface area (Å²) < 4.78 is 1.65. The van der Waals surface area contributed by atoms with Crippen LogP contribution >= 0.6 is 0 Å². The first-order valence-electron chi connectivity index (χ1n) is 4.69. The smallest absolute Gasteiger partial charge is 0.156 e. The Morgan fingerprint density at radius 3 is 2.77 bits per heavy atom. The van der Waals surface area contributed by atoms with Crippen LogP contribution in [0.25, 0.3) is 0 Å². The SMILES string of the molecule is Cn1nnnc1[C@@H]1CCCC[C@H]1O. The van der Waals surface area contributed by atoms with Crippen LogP contribution in [0, 0.1) is 0 Å². The van der Waals surface area contributed by atoms with Crippen molar-refractivity contribution in [2.75, 3.05) is 0 Å². The van der Waals surface area contributed by atoms with Crippen molar-refractivity contribution < 1.29 is 5.11 Å². The minimum atomic E-state index is -0.265. The van der Waals surface area contributed by atoms with Crippen LogP contribution in [-0.2, 0) is 7.05 Å². The summed E-state index contributed by atoms with van der Waals surface area (Å²) in [5, 5.41) is 21.0. The number of rotatable bonds is 1. The quantitative estimate of drug-likeness (QED) is 0.675. The second kappa shape index (κ2) is 3.41. The summed E-state index contributed by atoms with van der Waals surface area (Å²) in [7, 11) is 1.82. The number of aliphatic hydroxyl groups excluding tert-OH is 1. The second-order valence-electron chi connectivity index (χ2n) is 3.62. The number of nitrogens with zero attached hydrogens (tertiary/aromatic N) is 4. The molecular formula is C8H14N4O. The lowest BCUT2D eigenvalue weighted by Crippen LogP contribution is -2.25. The molecule has 2 atom stereocenters. The van der Waals surface area contributed by atoms with Gasteiger partial charge in [-0.3, -0.25) is 0 Å². The molecule has 1 aromatic rings. The fraction of sp³-hybridized carbons (Fsp3) is 0.875. The molecule has 0 aliphatic heterocycles. The molecular weight excluding hydrogens is 168 g/mol. The van der Waals surface area contributed by atoms with E-state index in [-0.39, 0.29) is 12.0 Å². The van der Waals surface area contributed by atoms with Gasteiger partial charge in [0.15, 0.2) is 5.82 Å². The fourth-order valence-corrected chi connectivity index (χ4v) is 1.96. The highest BCUT2D eigenvalue weighted by atomic mass is 16.3. The summed E-state index contributed by atoms with van der Waals surface area (Å²) in [5.74, 6) is 0.945. The van der Waals surface area contributed by atoms with Crippen molar-refractivity contribution in [1.82, 2.24) is 20.2 Å². The first-order valence-corrected chi connectivity index (χ1v) is 4.69. The lowest BCUT2D eigenvalue weighted by atomic mass is 9.86. The van der Waals surface area contributed by atoms with E-state index in [0.29, 0.717) is 0 Å². The zero-order valence-electron chi connectivity index (χ0n) is 7.72. The summed E-state index contributed by atoms with van der Waals surface area (Å²) in [6.45, 7) is 0. The van der Waals surface area contributed by atoms with Gasteiger partial charge in [-0.15, -0.1) is 5.10 Å². The molecule has 5 nitrogen and oxygen atoms in total. The van der Waals surface area contributed by atoms with Crippen molar-refractivity contribution in [2.45, 2.75) is 37.7 Å². The van der Waals surface area contributed by atoms with E-state index in [1.165, 1.54) is 0 Å². The van der Waals surface area contributed by atoms with Gasteiger partial charge in [0, 0.05) is 13.0 Å². The van der Waals surface area contributed by atoms with Gasteiger partial charge in [0.05, 0.1) is 6.10 Å². The van der Waals surface area contributed by atoms with Gasteiger partial charge in [-0.05, 0) is 23.3 Å². The lowest BCUT2D eigenvalue weighted by Gasteiger charge is -2.25. The Balaban J connectivity index is 2.19. The Kier molecular flexibility index (Phi) is 2.26. The summed E-state index contributed by atoms with van der Waals surface area (Å²) >= 11 is 0. The molecule has 0 unspecified atom stereocenters. The average molecular weight is 182 g/mol. The summed E-state index contributed by atoms with van der Waals surface area (Å²) in [4.78, 5) is 0. The van der Waals surface area contributed by atoms with Gasteiger partial charge in [-0.1, -0.05) is 12.8 Å². The predicted octanol–water partition coefficient (Wildman–Crippen LogP) is 0.229. The minimum Gasteiger partial charge on any atom is -0.392 e. The maximum absolute atomic E-state index is 9.76. The minimum absolute atomic E-state index is 0.133. The second-order valence-corrected chi connectivity index (χ2v) is 3.62. The lowest BCUT2D eigenvalue weighted by molar-refractivity contribution is 0.101. The first-order chi connectivity index (χ1) is 6.29. The van der Waals surface area contributed by atoms with Crippen LogP contribution in [-0.4, -0.2) is 31.4 Å². The van der Waals surface area contributed by atoms with Crippen LogP contribution in [0.5, 0.6) is 0 Å². The molecule has 1 heterocycles. The molecule has 0 saturated heterocycles. The molecule has 0 amide bonds. The Morgan fingerprint density at radius 1 is 1.38 bits per heavy atom. The molecule has 0 aromatic carbocycles. The number of aliphatic hydroxyl groups is 1. The largest absolute Gasteiger partial charge is 0.392 e. The van der Waals surface area contributed by atoms with Gasteiger partial charge in [-0.25, -0.2) is 4.68 Å². The van der Waals surface area contributed by atoms with Crippen LogP contribution in [0.4, 0.5) is 0 Å². The predicted molar refractivity (Wildman–Crippen MR) is 46.0 cm³/mol. The van der Waals surface area contributed by atoms with Gasteiger partial charge in [0.1, 0.15) is 0 Å². The van der Waals surface area contributed by atoms with E-state index in [0.717, 1.165) is 31.5 Å². The number of aryl methyl sites for hydroxylation is 1. The van der Waals surface area contributed by atoms with Crippen molar-refractivity contribution in [3.8, 4) is 0 Å². The molecule has 2 rings (SSSR count). The highest BCUT2D eigenvalue weighted by Crippen LogP contribution is 2.30. The van der Waals surface area contributed by atoms with E-state index in [1.807, 2.05) is 7.05 Å². The van der Waals surface area contributed by atoms with Crippen LogP contribution in [0.1, 0.15) is 37.4 Å². The number of aromatic nitrogens is 4. The Hall–Kier alpha value is -0.970. The maximum atomic E-state index is 9.76. The Morgan fingerprint density at radius 2 is 2.15 bits per heavy atom. The average Bonchev–Trinajstić information content (AvgIpc) is 2.52. The summed E-state index contributed by atoms with van der Waals surface area (Å²) in [5.41, 5.74) is 0. The van der Waals surface area contributed by atoms with Crippen molar-refractivity contribution in [3.63, 3.8) is 0 Å². The maximum Gasteiger partial charge on any atom is 0.156 e. The van der Waals surface area contributed by atoms with Gasteiger partial charge in [-0.2, -0.15) is 0 Å². The highest BCUT2D eigenvalue weighted by molar-refractivity contribution is 4.98. The van der Waals surface area contributed by atoms with Crippen LogP contribution in [0.15, 0.2) is 0 Å². The third-order valence-corrected chi connectivity index (χ3v) is 2.71. The Bertz CT molecular complexity index is 285. The molecule has 1 aliphatic carbocycles. The zero-order chi connectivity index (χ0) is 9.26. The topological polar surface area (TPSA) is 63.8 Å². The molecule has 13 heavy (non-hydrogen) atoms. The van der Waals surface area contributed by atoms with E-state index in [4.69, 9.17) is 0 Å². The number of hydrogen-bond acceptors (Lipinski definition) is 4. The number of hydrogen-bond donors (Lipinski definition) is 1. The van der Waals surface area contributed by atoms with E-state index in [2.05, 4.69) is 15.5 Å². The van der Waals surface area contributed by atoms with Crippen LogP contribution in [0.3, 0.4) is 0 Å². The normalized spacial score (nSPS) is 29.1. The van der Waals surface area contributed by atoms with E-state index >= 15 is 0 Å². The third-order valence-electron chi connectivity index (χ3n) is 2.71. The summed E-state index contributed by atoms with van der Waals surface area (Å²) in [6.07, 6.45) is 3.88. The van der Waals surface area contributed by atoms with Crippen LogP contribution in [0.2, 0.25) is 0 Å². The monoisotopic (exact) mass is 182 g/mol. The van der Waals surface area contributed by atoms with Gasteiger partial charge in [0.2, 0.25) is 0 Å². The summed E-state index contributed by atoms with van der Waals surface area (Å²) in [6, 6.07) is 0. The molecule has 1 fully saturated rings. The van der Waals surface area contributed by atoms with E-state index < -0.39 is 0 Å². The third kappa shape index (κ3) is 1.56. The van der Waals surface area contributed by atoms with Gasteiger partial charge in [0.25, 0.3) is 0 Å². The molecule has 5 heteroatoms. The molecule has 0 bridgehead atoms.